The van der Waals surface area contributed by atoms with E-state index in [1.807, 2.05) is 24.3 Å². The van der Waals surface area contributed by atoms with Crippen LogP contribution in [0.3, 0.4) is 0 Å². The molecule has 4 heterocycles. The fourth-order valence-electron chi connectivity index (χ4n) is 4.59. The molecule has 186 valence electrons. The molecule has 2 aliphatic rings. The zero-order valence-electron chi connectivity index (χ0n) is 19.9. The van der Waals surface area contributed by atoms with Crippen LogP contribution >= 0.6 is 0 Å². The molecule has 3 aromatic rings. The van der Waals surface area contributed by atoms with E-state index in [1.54, 1.807) is 6.20 Å². The smallest absolute Gasteiger partial charge is 0.277 e. The summed E-state index contributed by atoms with van der Waals surface area (Å²) in [5, 5.41) is 13.5. The molecular weight excluding hydrogens is 446 g/mol. The van der Waals surface area contributed by atoms with Gasteiger partial charge in [0, 0.05) is 51.5 Å². The lowest BCUT2D eigenvalue weighted by Gasteiger charge is -2.31. The van der Waals surface area contributed by atoms with E-state index in [2.05, 4.69) is 35.6 Å². The molecule has 2 aliphatic heterocycles. The van der Waals surface area contributed by atoms with Crippen molar-refractivity contribution in [1.82, 2.24) is 30.4 Å². The molecule has 0 unspecified atom stereocenters. The molecule has 11 heteroatoms. The van der Waals surface area contributed by atoms with Gasteiger partial charge in [0.2, 0.25) is 5.95 Å². The Morgan fingerprint density at radius 2 is 1.86 bits per heavy atom. The monoisotopic (exact) mass is 479 g/mol. The van der Waals surface area contributed by atoms with Gasteiger partial charge in [0.15, 0.2) is 0 Å². The summed E-state index contributed by atoms with van der Waals surface area (Å²) in [7, 11) is 0. The third-order valence-corrected chi connectivity index (χ3v) is 6.74. The van der Waals surface area contributed by atoms with E-state index in [-0.39, 0.29) is 5.56 Å². The van der Waals surface area contributed by atoms with Crippen molar-refractivity contribution in [3.63, 3.8) is 0 Å². The number of hydrogen-bond donors (Lipinski definition) is 4. The minimum Gasteiger partial charge on any atom is -0.492 e. The maximum absolute atomic E-state index is 12.6. The summed E-state index contributed by atoms with van der Waals surface area (Å²) in [6, 6.07) is 7.70. The van der Waals surface area contributed by atoms with Crippen LogP contribution in [0, 0.1) is 5.92 Å². The molecule has 0 spiro atoms. The first-order valence-electron chi connectivity index (χ1n) is 12.3. The Hall–Kier alpha value is -3.28. The standard InChI is InChI=1S/C24H33N9O2/c25-15-17-5-9-33(10-6-17)24-29-20-16-27-31-23(34)21(20)22(30-24)28-18-1-3-19(4-2-18)35-14-13-32-11-7-26-8-12-32/h1-4,16-17,26H,5-15,25H2,(H,31,34)(H,28,29,30). The van der Waals surface area contributed by atoms with Crippen molar-refractivity contribution in [3.8, 4) is 5.75 Å². The lowest BCUT2D eigenvalue weighted by Crippen LogP contribution is -2.44. The summed E-state index contributed by atoms with van der Waals surface area (Å²) < 4.78 is 5.93. The maximum atomic E-state index is 12.6. The van der Waals surface area contributed by atoms with Crippen LogP contribution < -0.4 is 31.6 Å². The molecule has 5 rings (SSSR count). The largest absolute Gasteiger partial charge is 0.492 e. The number of ether oxygens (including phenoxy) is 1. The summed E-state index contributed by atoms with van der Waals surface area (Å²) in [5.41, 5.74) is 6.83. The number of H-pyrrole nitrogens is 1. The second kappa shape index (κ2) is 11.0. The van der Waals surface area contributed by atoms with Crippen molar-refractivity contribution >= 4 is 28.4 Å². The number of aromatic nitrogens is 4. The molecule has 0 saturated carbocycles. The molecule has 0 aliphatic carbocycles. The van der Waals surface area contributed by atoms with Crippen LogP contribution in [0.15, 0.2) is 35.3 Å². The van der Waals surface area contributed by atoms with Gasteiger partial charge in [0.1, 0.15) is 29.1 Å². The zero-order chi connectivity index (χ0) is 24.0. The highest BCUT2D eigenvalue weighted by Gasteiger charge is 2.22. The number of benzene rings is 1. The number of aromatic amines is 1. The van der Waals surface area contributed by atoms with Crippen LogP contribution in [-0.2, 0) is 0 Å². The number of piperazine rings is 1. The SMILES string of the molecule is NCC1CCN(c2nc(Nc3ccc(OCCN4CCNCC4)cc3)c3c(=O)[nH]ncc3n2)CC1. The minimum absolute atomic E-state index is 0.328. The highest BCUT2D eigenvalue weighted by molar-refractivity contribution is 5.90. The van der Waals surface area contributed by atoms with Gasteiger partial charge in [0.25, 0.3) is 5.56 Å². The van der Waals surface area contributed by atoms with Gasteiger partial charge in [-0.15, -0.1) is 0 Å². The predicted octanol–water partition coefficient (Wildman–Crippen LogP) is 0.916. The van der Waals surface area contributed by atoms with Crippen LogP contribution in [0.25, 0.3) is 10.9 Å². The molecule has 2 aromatic heterocycles. The highest BCUT2D eigenvalue weighted by Crippen LogP contribution is 2.27. The third kappa shape index (κ3) is 5.69. The van der Waals surface area contributed by atoms with Crippen LogP contribution in [-0.4, -0.2) is 84.0 Å². The summed E-state index contributed by atoms with van der Waals surface area (Å²) in [5.74, 6) is 2.40. The maximum Gasteiger partial charge on any atom is 0.277 e. The van der Waals surface area contributed by atoms with Crippen LogP contribution in [0.1, 0.15) is 12.8 Å². The van der Waals surface area contributed by atoms with Gasteiger partial charge in [-0.1, -0.05) is 0 Å². The Kier molecular flexibility index (Phi) is 7.36. The van der Waals surface area contributed by atoms with Gasteiger partial charge in [-0.3, -0.25) is 9.69 Å². The molecule has 2 saturated heterocycles. The summed E-state index contributed by atoms with van der Waals surface area (Å²) in [6.45, 7) is 8.12. The molecule has 0 amide bonds. The van der Waals surface area contributed by atoms with Gasteiger partial charge in [-0.2, -0.15) is 10.1 Å². The number of anilines is 3. The second-order valence-corrected chi connectivity index (χ2v) is 9.09. The predicted molar refractivity (Wildman–Crippen MR) is 136 cm³/mol. The minimum atomic E-state index is -0.328. The summed E-state index contributed by atoms with van der Waals surface area (Å²) in [4.78, 5) is 26.5. The van der Waals surface area contributed by atoms with Crippen molar-refractivity contribution in [3.05, 3.63) is 40.8 Å². The van der Waals surface area contributed by atoms with Gasteiger partial charge in [-0.05, 0) is 49.6 Å². The first kappa shape index (κ1) is 23.5. The topological polar surface area (TPSA) is 137 Å². The van der Waals surface area contributed by atoms with Crippen molar-refractivity contribution in [2.75, 3.05) is 69.2 Å². The quantitative estimate of drug-likeness (QED) is 0.369. The van der Waals surface area contributed by atoms with Gasteiger partial charge in [0.05, 0.1) is 6.20 Å². The normalized spacial score (nSPS) is 17.6. The van der Waals surface area contributed by atoms with Crippen LogP contribution in [0.2, 0.25) is 0 Å². The number of hydrogen-bond acceptors (Lipinski definition) is 10. The van der Waals surface area contributed by atoms with Gasteiger partial charge >= 0.3 is 0 Å². The first-order chi connectivity index (χ1) is 17.2. The molecule has 2 fully saturated rings. The van der Waals surface area contributed by atoms with Gasteiger partial charge < -0.3 is 26.0 Å². The molecule has 0 radical (unpaired) electrons. The van der Waals surface area contributed by atoms with Crippen LogP contribution in [0.5, 0.6) is 5.75 Å². The van der Waals surface area contributed by atoms with Crippen molar-refractivity contribution in [2.24, 2.45) is 11.7 Å². The Morgan fingerprint density at radius 1 is 1.09 bits per heavy atom. The lowest BCUT2D eigenvalue weighted by molar-refractivity contribution is 0.191. The molecule has 0 atom stereocenters. The number of nitrogens with zero attached hydrogens (tertiary/aromatic N) is 5. The molecule has 35 heavy (non-hydrogen) atoms. The van der Waals surface area contributed by atoms with E-state index >= 15 is 0 Å². The zero-order valence-corrected chi connectivity index (χ0v) is 19.9. The van der Waals surface area contributed by atoms with E-state index < -0.39 is 0 Å². The molecule has 1 aromatic carbocycles. The van der Waals surface area contributed by atoms with E-state index in [4.69, 9.17) is 15.5 Å². The van der Waals surface area contributed by atoms with E-state index in [0.29, 0.717) is 41.7 Å². The third-order valence-electron chi connectivity index (χ3n) is 6.74. The van der Waals surface area contributed by atoms with Crippen LogP contribution in [0.4, 0.5) is 17.5 Å². The number of rotatable bonds is 8. The number of piperidine rings is 1. The number of nitrogens with two attached hydrogens (primary N) is 1. The Balaban J connectivity index is 1.30. The summed E-state index contributed by atoms with van der Waals surface area (Å²) in [6.07, 6.45) is 3.57. The van der Waals surface area contributed by atoms with E-state index in [9.17, 15) is 4.79 Å². The Morgan fingerprint density at radius 3 is 2.60 bits per heavy atom. The van der Waals surface area contributed by atoms with Gasteiger partial charge in [-0.25, -0.2) is 10.1 Å². The highest BCUT2D eigenvalue weighted by atomic mass is 16.5. The summed E-state index contributed by atoms with van der Waals surface area (Å²) >= 11 is 0. The molecule has 11 nitrogen and oxygen atoms in total. The molecule has 0 bridgehead atoms. The van der Waals surface area contributed by atoms with Crippen molar-refractivity contribution < 1.29 is 4.74 Å². The Labute approximate surface area is 204 Å². The molecular formula is C24H33N9O2. The number of fused-ring (bicyclic) bond motifs is 1. The average molecular weight is 480 g/mol. The van der Waals surface area contributed by atoms with Crippen molar-refractivity contribution in [2.45, 2.75) is 12.8 Å². The number of nitrogens with one attached hydrogen (secondary N) is 3. The fourth-order valence-corrected chi connectivity index (χ4v) is 4.59. The van der Waals surface area contributed by atoms with E-state index in [0.717, 1.165) is 70.1 Å². The van der Waals surface area contributed by atoms with E-state index in [1.165, 1.54) is 0 Å². The first-order valence-corrected chi connectivity index (χ1v) is 12.3. The lowest BCUT2D eigenvalue weighted by atomic mass is 9.97. The Bertz CT molecular complexity index is 1170. The second-order valence-electron chi connectivity index (χ2n) is 9.09. The molecule has 5 N–H and O–H groups in total. The fraction of sp³-hybridized carbons (Fsp3) is 0.500. The average Bonchev–Trinajstić information content (AvgIpc) is 2.90. The van der Waals surface area contributed by atoms with Crippen molar-refractivity contribution in [1.29, 1.82) is 0 Å².